The van der Waals surface area contributed by atoms with Crippen LogP contribution in [0.4, 0.5) is 21.2 Å². The summed E-state index contributed by atoms with van der Waals surface area (Å²) in [4.78, 5) is 53.9. The van der Waals surface area contributed by atoms with Crippen molar-refractivity contribution in [2.45, 2.75) is 70.3 Å². The number of ether oxygens (including phenoxy) is 2. The number of ketones is 1. The molecule has 1 aliphatic heterocycles. The molecule has 3 aromatic rings. The summed E-state index contributed by atoms with van der Waals surface area (Å²) in [6.45, 7) is 11.3. The second-order valence-corrected chi connectivity index (χ2v) is 14.5. The van der Waals surface area contributed by atoms with E-state index in [2.05, 4.69) is 16.0 Å². The molecule has 3 N–H and O–H groups in total. The number of carbonyl (C=O) groups excluding carboxylic acids is 4. The number of hydrogen-bond acceptors (Lipinski definition) is 9. The fourth-order valence-corrected chi connectivity index (χ4v) is 7.01. The van der Waals surface area contributed by atoms with Crippen LogP contribution in [-0.4, -0.2) is 57.8 Å². The Morgan fingerprint density at radius 2 is 1.74 bits per heavy atom. The Hall–Kier alpha value is -3.94. The van der Waals surface area contributed by atoms with E-state index in [-0.39, 0.29) is 24.8 Å². The first-order chi connectivity index (χ1) is 21.7. The first-order valence-corrected chi connectivity index (χ1v) is 16.9. The summed E-state index contributed by atoms with van der Waals surface area (Å²) in [7, 11) is 0. The molecule has 46 heavy (non-hydrogen) atoms. The van der Waals surface area contributed by atoms with Gasteiger partial charge in [0.1, 0.15) is 10.6 Å². The van der Waals surface area contributed by atoms with E-state index in [1.165, 1.54) is 30.0 Å². The SMILES string of the molecule is CCOC(=O)c1c(NC(=O)C(C)Sc2cccc(NC(=S)Nc3ccc(C(C)=O)cc3)c2)sc2c1CCN(C(=O)OC(C)(C)C)C2. The molecule has 10 nitrogen and oxygen atoms in total. The summed E-state index contributed by atoms with van der Waals surface area (Å²) in [5.74, 6) is -0.785. The summed E-state index contributed by atoms with van der Waals surface area (Å²) in [5, 5.41) is 9.48. The third-order valence-corrected chi connectivity index (χ3v) is 9.18. The molecule has 0 bridgehead atoms. The number of carbonyl (C=O) groups is 4. The van der Waals surface area contributed by atoms with Gasteiger partial charge in [-0.1, -0.05) is 6.07 Å². The summed E-state index contributed by atoms with van der Waals surface area (Å²) >= 11 is 8.10. The second-order valence-electron chi connectivity index (χ2n) is 11.6. The lowest BCUT2D eigenvalue weighted by Gasteiger charge is -2.30. The van der Waals surface area contributed by atoms with E-state index in [1.807, 2.05) is 45.0 Å². The van der Waals surface area contributed by atoms with Gasteiger partial charge in [-0.05, 0) is 108 Å². The molecule has 0 aliphatic carbocycles. The molecule has 1 aromatic heterocycles. The zero-order chi connectivity index (χ0) is 33.6. The Labute approximate surface area is 282 Å². The number of anilines is 3. The van der Waals surface area contributed by atoms with Crippen LogP contribution >= 0.6 is 35.3 Å². The highest BCUT2D eigenvalue weighted by atomic mass is 32.2. The topological polar surface area (TPSA) is 126 Å². The minimum absolute atomic E-state index is 0.00921. The number of benzene rings is 2. The third-order valence-electron chi connectivity index (χ3n) is 6.75. The summed E-state index contributed by atoms with van der Waals surface area (Å²) in [6.07, 6.45) is 0.0241. The summed E-state index contributed by atoms with van der Waals surface area (Å²) in [6, 6.07) is 14.5. The van der Waals surface area contributed by atoms with Crippen LogP contribution in [0.5, 0.6) is 0 Å². The normalized spacial score (nSPS) is 13.2. The second kappa shape index (κ2) is 15.1. The number of rotatable bonds is 9. The van der Waals surface area contributed by atoms with E-state index >= 15 is 0 Å². The molecular formula is C33H38N4O6S3. The summed E-state index contributed by atoms with van der Waals surface area (Å²) in [5.41, 5.74) is 2.61. The molecule has 1 unspecified atom stereocenters. The minimum atomic E-state index is -0.626. The molecule has 0 spiro atoms. The predicted octanol–water partition coefficient (Wildman–Crippen LogP) is 7.35. The number of Topliss-reactive ketones (excluding diaryl/α,β-unsaturated/α-hetero) is 1. The third kappa shape index (κ3) is 9.30. The van der Waals surface area contributed by atoms with Gasteiger partial charge in [0.25, 0.3) is 0 Å². The number of thiocarbonyl (C=S) groups is 1. The standard InChI is InChI=1S/C33H38N4O6S3/c1-7-42-30(40)27-25-15-16-37(32(41)43-33(4,5)6)18-26(25)46-29(27)36-28(39)20(3)45-24-10-8-9-23(17-24)35-31(44)34-22-13-11-21(12-14-22)19(2)38/h8-14,17,20H,7,15-16,18H2,1-6H3,(H,36,39)(H2,34,35,44). The molecule has 4 rings (SSSR count). The Kier molecular flexibility index (Phi) is 11.5. The number of hydrogen-bond donors (Lipinski definition) is 3. The number of thiophene rings is 1. The number of nitrogens with zero attached hydrogens (tertiary/aromatic N) is 1. The van der Waals surface area contributed by atoms with Crippen molar-refractivity contribution >= 4 is 80.6 Å². The maximum absolute atomic E-state index is 13.4. The van der Waals surface area contributed by atoms with Gasteiger partial charge < -0.3 is 30.3 Å². The van der Waals surface area contributed by atoms with Gasteiger partial charge in [0.2, 0.25) is 5.91 Å². The Balaban J connectivity index is 1.42. The molecule has 0 radical (unpaired) electrons. The molecule has 0 saturated heterocycles. The van der Waals surface area contributed by atoms with E-state index in [9.17, 15) is 19.2 Å². The smallest absolute Gasteiger partial charge is 0.410 e. The highest BCUT2D eigenvalue weighted by Gasteiger charge is 2.33. The zero-order valence-corrected chi connectivity index (χ0v) is 29.1. The quantitative estimate of drug-likeness (QED) is 0.0913. The maximum Gasteiger partial charge on any atom is 0.410 e. The number of nitrogens with one attached hydrogen (secondary N) is 3. The van der Waals surface area contributed by atoms with Gasteiger partial charge in [-0.2, -0.15) is 0 Å². The molecule has 2 heterocycles. The largest absolute Gasteiger partial charge is 0.462 e. The first-order valence-electron chi connectivity index (χ1n) is 14.8. The van der Waals surface area contributed by atoms with Gasteiger partial charge in [-0.3, -0.25) is 9.59 Å². The number of amides is 2. The van der Waals surface area contributed by atoms with Gasteiger partial charge in [0, 0.05) is 33.3 Å². The van der Waals surface area contributed by atoms with Crippen molar-refractivity contribution in [3.05, 3.63) is 70.1 Å². The van der Waals surface area contributed by atoms with Crippen LogP contribution in [0, 0.1) is 0 Å². The van der Waals surface area contributed by atoms with Gasteiger partial charge in [0.15, 0.2) is 10.9 Å². The molecule has 13 heteroatoms. The maximum atomic E-state index is 13.4. The molecule has 2 amide bonds. The van der Waals surface area contributed by atoms with Gasteiger partial charge in [0.05, 0.1) is 24.0 Å². The van der Waals surface area contributed by atoms with Gasteiger partial charge in [-0.25, -0.2) is 9.59 Å². The van der Waals surface area contributed by atoms with Crippen molar-refractivity contribution in [3.8, 4) is 0 Å². The minimum Gasteiger partial charge on any atom is -0.462 e. The Morgan fingerprint density at radius 1 is 1.04 bits per heavy atom. The number of esters is 1. The highest BCUT2D eigenvalue weighted by molar-refractivity contribution is 8.00. The van der Waals surface area contributed by atoms with Crippen molar-refractivity contribution < 1.29 is 28.7 Å². The van der Waals surface area contributed by atoms with Gasteiger partial charge in [-0.15, -0.1) is 23.1 Å². The monoisotopic (exact) mass is 682 g/mol. The molecule has 2 aromatic carbocycles. The average Bonchev–Trinajstić information content (AvgIpc) is 3.33. The van der Waals surface area contributed by atoms with Crippen LogP contribution in [0.3, 0.4) is 0 Å². The molecule has 1 aliphatic rings. The Bertz CT molecular complexity index is 1630. The average molecular weight is 683 g/mol. The molecule has 0 saturated carbocycles. The van der Waals surface area contributed by atoms with Crippen molar-refractivity contribution in [2.75, 3.05) is 29.1 Å². The fourth-order valence-electron chi connectivity index (χ4n) is 4.59. The lowest BCUT2D eigenvalue weighted by atomic mass is 10.0. The molecule has 0 fully saturated rings. The van der Waals surface area contributed by atoms with Crippen LogP contribution in [0.25, 0.3) is 0 Å². The van der Waals surface area contributed by atoms with E-state index < -0.39 is 22.9 Å². The first kappa shape index (κ1) is 34.9. The van der Waals surface area contributed by atoms with Crippen molar-refractivity contribution in [1.29, 1.82) is 0 Å². The molecule has 244 valence electrons. The van der Waals surface area contributed by atoms with Crippen molar-refractivity contribution in [2.24, 2.45) is 0 Å². The van der Waals surface area contributed by atoms with Crippen LogP contribution < -0.4 is 16.0 Å². The van der Waals surface area contributed by atoms with Crippen molar-refractivity contribution in [1.82, 2.24) is 4.90 Å². The zero-order valence-electron chi connectivity index (χ0n) is 26.6. The Morgan fingerprint density at radius 3 is 2.39 bits per heavy atom. The lowest BCUT2D eigenvalue weighted by molar-refractivity contribution is -0.115. The van der Waals surface area contributed by atoms with Gasteiger partial charge >= 0.3 is 12.1 Å². The van der Waals surface area contributed by atoms with E-state index in [4.69, 9.17) is 21.7 Å². The van der Waals surface area contributed by atoms with Crippen molar-refractivity contribution in [3.63, 3.8) is 0 Å². The summed E-state index contributed by atoms with van der Waals surface area (Å²) < 4.78 is 10.9. The fraction of sp³-hybridized carbons (Fsp3) is 0.364. The molecule has 1 atom stereocenters. The van der Waals surface area contributed by atoms with Crippen LogP contribution in [0.2, 0.25) is 0 Å². The van der Waals surface area contributed by atoms with E-state index in [1.54, 1.807) is 43.0 Å². The molecular weight excluding hydrogens is 645 g/mol. The lowest BCUT2D eigenvalue weighted by Crippen LogP contribution is -2.39. The highest BCUT2D eigenvalue weighted by Crippen LogP contribution is 2.39. The van der Waals surface area contributed by atoms with Crippen LogP contribution in [0.1, 0.15) is 72.7 Å². The van der Waals surface area contributed by atoms with E-state index in [0.29, 0.717) is 34.2 Å². The number of fused-ring (bicyclic) bond motifs is 1. The van der Waals surface area contributed by atoms with Crippen LogP contribution in [-0.2, 0) is 27.2 Å². The van der Waals surface area contributed by atoms with Crippen LogP contribution in [0.15, 0.2) is 53.4 Å². The predicted molar refractivity (Wildman–Crippen MR) is 187 cm³/mol. The van der Waals surface area contributed by atoms with E-state index in [0.717, 1.165) is 26.7 Å². The number of thioether (sulfide) groups is 1.